The lowest BCUT2D eigenvalue weighted by Crippen LogP contribution is -2.07. The van der Waals surface area contributed by atoms with Crippen LogP contribution in [0.25, 0.3) is 6.08 Å². The van der Waals surface area contributed by atoms with E-state index >= 15 is 0 Å². The van der Waals surface area contributed by atoms with Gasteiger partial charge in [0.15, 0.2) is 11.5 Å². The topological polar surface area (TPSA) is 58.6 Å². The van der Waals surface area contributed by atoms with Gasteiger partial charge >= 0.3 is 0 Å². The Balaban J connectivity index is 2.03. The van der Waals surface area contributed by atoms with E-state index in [0.29, 0.717) is 11.3 Å². The van der Waals surface area contributed by atoms with Gasteiger partial charge in [0.05, 0.1) is 7.11 Å². The lowest BCUT2D eigenvalue weighted by molar-refractivity contribution is -0.111. The Morgan fingerprint density at radius 1 is 1.29 bits per heavy atom. The summed E-state index contributed by atoms with van der Waals surface area (Å²) in [7, 11) is 1.49. The number of phenolic OH excluding ortho intramolecular Hbond substituents is 1. The van der Waals surface area contributed by atoms with Gasteiger partial charge in [0, 0.05) is 15.3 Å². The summed E-state index contributed by atoms with van der Waals surface area (Å²) in [6.07, 6.45) is 3.05. The first-order chi connectivity index (χ1) is 10.1. The van der Waals surface area contributed by atoms with Crippen molar-refractivity contribution in [3.8, 4) is 11.5 Å². The lowest BCUT2D eigenvalue weighted by Gasteiger charge is -2.04. The van der Waals surface area contributed by atoms with Gasteiger partial charge in [-0.1, -0.05) is 12.1 Å². The molecule has 0 aliphatic rings. The van der Waals surface area contributed by atoms with Gasteiger partial charge in [-0.25, -0.2) is 0 Å². The minimum Gasteiger partial charge on any atom is -0.504 e. The van der Waals surface area contributed by atoms with Crippen LogP contribution in [0.1, 0.15) is 5.56 Å². The number of carbonyl (C=O) groups is 1. The number of benzene rings is 2. The van der Waals surface area contributed by atoms with Crippen LogP contribution >= 0.6 is 22.6 Å². The highest BCUT2D eigenvalue weighted by atomic mass is 127. The van der Waals surface area contributed by atoms with Crippen molar-refractivity contribution in [2.24, 2.45) is 0 Å². The van der Waals surface area contributed by atoms with E-state index in [-0.39, 0.29) is 11.7 Å². The molecule has 0 unspecified atom stereocenters. The third-order valence-electron chi connectivity index (χ3n) is 2.72. The Kier molecular flexibility index (Phi) is 5.21. The first kappa shape index (κ1) is 15.4. The van der Waals surface area contributed by atoms with Crippen LogP contribution in [0.2, 0.25) is 0 Å². The van der Waals surface area contributed by atoms with E-state index in [1.165, 1.54) is 19.3 Å². The molecule has 108 valence electrons. The third kappa shape index (κ3) is 4.49. The van der Waals surface area contributed by atoms with Crippen molar-refractivity contribution in [3.63, 3.8) is 0 Å². The molecule has 2 N–H and O–H groups in total. The number of anilines is 1. The van der Waals surface area contributed by atoms with Crippen LogP contribution in [-0.4, -0.2) is 18.1 Å². The smallest absolute Gasteiger partial charge is 0.248 e. The van der Waals surface area contributed by atoms with E-state index in [0.717, 1.165) is 9.26 Å². The summed E-state index contributed by atoms with van der Waals surface area (Å²) in [6.45, 7) is 0. The maximum Gasteiger partial charge on any atom is 0.248 e. The van der Waals surface area contributed by atoms with Gasteiger partial charge in [-0.05, 0) is 64.6 Å². The van der Waals surface area contributed by atoms with Gasteiger partial charge in [-0.15, -0.1) is 0 Å². The highest BCUT2D eigenvalue weighted by Gasteiger charge is 2.02. The first-order valence-electron chi connectivity index (χ1n) is 6.20. The summed E-state index contributed by atoms with van der Waals surface area (Å²) < 4.78 is 6.01. The monoisotopic (exact) mass is 395 g/mol. The molecule has 0 aliphatic heterocycles. The van der Waals surface area contributed by atoms with E-state index in [2.05, 4.69) is 27.9 Å². The molecule has 21 heavy (non-hydrogen) atoms. The van der Waals surface area contributed by atoms with E-state index in [1.807, 2.05) is 24.3 Å². The molecule has 0 fully saturated rings. The van der Waals surface area contributed by atoms with Crippen LogP contribution in [-0.2, 0) is 4.79 Å². The quantitative estimate of drug-likeness (QED) is 0.614. The third-order valence-corrected chi connectivity index (χ3v) is 3.39. The molecule has 0 bridgehead atoms. The molecular formula is C16H14INO3. The number of carbonyl (C=O) groups excluding carboxylic acids is 1. The summed E-state index contributed by atoms with van der Waals surface area (Å²) in [4.78, 5) is 11.8. The first-order valence-corrected chi connectivity index (χ1v) is 7.28. The molecule has 2 aromatic carbocycles. The summed E-state index contributed by atoms with van der Waals surface area (Å²) >= 11 is 2.18. The van der Waals surface area contributed by atoms with Crippen LogP contribution in [0.3, 0.4) is 0 Å². The fourth-order valence-corrected chi connectivity index (χ4v) is 2.28. The molecule has 4 nitrogen and oxygen atoms in total. The van der Waals surface area contributed by atoms with Gasteiger partial charge in [-0.2, -0.15) is 0 Å². The number of rotatable bonds is 4. The minimum atomic E-state index is -0.229. The SMILES string of the molecule is COc1ccc(C=CC(=O)Nc2cccc(I)c2)cc1O. The summed E-state index contributed by atoms with van der Waals surface area (Å²) in [5.41, 5.74) is 1.46. The van der Waals surface area contributed by atoms with E-state index < -0.39 is 0 Å². The molecule has 0 aromatic heterocycles. The van der Waals surface area contributed by atoms with Gasteiger partial charge < -0.3 is 15.2 Å². The molecular weight excluding hydrogens is 381 g/mol. The Bertz CT molecular complexity index is 683. The minimum absolute atomic E-state index is 0.0395. The van der Waals surface area contributed by atoms with Crippen molar-refractivity contribution in [1.29, 1.82) is 0 Å². The standard InChI is InChI=1S/C16H14INO3/c1-21-15-7-5-11(9-14(15)19)6-8-16(20)18-13-4-2-3-12(17)10-13/h2-10,19H,1H3,(H,18,20). The summed E-state index contributed by atoms with van der Waals surface area (Å²) in [5.74, 6) is 0.209. The molecule has 5 heteroatoms. The second-order valence-electron chi connectivity index (χ2n) is 4.26. The van der Waals surface area contributed by atoms with Crippen LogP contribution in [0, 0.1) is 3.57 Å². The van der Waals surface area contributed by atoms with Crippen LogP contribution in [0.15, 0.2) is 48.5 Å². The number of amides is 1. The lowest BCUT2D eigenvalue weighted by atomic mass is 10.2. The zero-order valence-electron chi connectivity index (χ0n) is 11.3. The van der Waals surface area contributed by atoms with Crippen LogP contribution in [0.5, 0.6) is 11.5 Å². The molecule has 0 saturated heterocycles. The van der Waals surface area contributed by atoms with Crippen molar-refractivity contribution in [2.75, 3.05) is 12.4 Å². The Morgan fingerprint density at radius 2 is 2.10 bits per heavy atom. The largest absolute Gasteiger partial charge is 0.504 e. The normalized spacial score (nSPS) is 10.6. The average molecular weight is 395 g/mol. The van der Waals surface area contributed by atoms with Gasteiger partial charge in [0.1, 0.15) is 0 Å². The Hall–Kier alpha value is -2.02. The molecule has 0 aliphatic carbocycles. The van der Waals surface area contributed by atoms with Crippen molar-refractivity contribution in [3.05, 3.63) is 57.7 Å². The second kappa shape index (κ2) is 7.12. The average Bonchev–Trinajstić information content (AvgIpc) is 2.45. The maximum absolute atomic E-state index is 11.8. The summed E-state index contributed by atoms with van der Waals surface area (Å²) in [6, 6.07) is 12.5. The molecule has 2 aromatic rings. The highest BCUT2D eigenvalue weighted by molar-refractivity contribution is 14.1. The number of aromatic hydroxyl groups is 1. The number of hydrogen-bond donors (Lipinski definition) is 2. The summed E-state index contributed by atoms with van der Waals surface area (Å²) in [5, 5.41) is 12.4. The number of hydrogen-bond acceptors (Lipinski definition) is 3. The van der Waals surface area contributed by atoms with Gasteiger partial charge in [0.25, 0.3) is 0 Å². The predicted octanol–water partition coefficient (Wildman–Crippen LogP) is 3.66. The zero-order valence-corrected chi connectivity index (χ0v) is 13.5. The van der Waals surface area contributed by atoms with Crippen LogP contribution < -0.4 is 10.1 Å². The highest BCUT2D eigenvalue weighted by Crippen LogP contribution is 2.26. The zero-order chi connectivity index (χ0) is 15.2. The number of phenols is 1. The molecule has 0 heterocycles. The second-order valence-corrected chi connectivity index (χ2v) is 5.51. The molecule has 2 rings (SSSR count). The fraction of sp³-hybridized carbons (Fsp3) is 0.0625. The maximum atomic E-state index is 11.8. The number of nitrogens with one attached hydrogen (secondary N) is 1. The van der Waals surface area contributed by atoms with Crippen molar-refractivity contribution >= 4 is 40.3 Å². The van der Waals surface area contributed by atoms with Gasteiger partial charge in [0.2, 0.25) is 5.91 Å². The Morgan fingerprint density at radius 3 is 2.76 bits per heavy atom. The van der Waals surface area contributed by atoms with E-state index in [1.54, 1.807) is 18.2 Å². The molecule has 0 radical (unpaired) electrons. The van der Waals surface area contributed by atoms with Crippen LogP contribution in [0.4, 0.5) is 5.69 Å². The molecule has 0 spiro atoms. The predicted molar refractivity (Wildman–Crippen MR) is 91.5 cm³/mol. The number of methoxy groups -OCH3 is 1. The Labute approximate surface area is 136 Å². The van der Waals surface area contributed by atoms with Crippen molar-refractivity contribution < 1.29 is 14.6 Å². The van der Waals surface area contributed by atoms with E-state index in [9.17, 15) is 9.90 Å². The molecule has 1 amide bonds. The molecule has 0 saturated carbocycles. The van der Waals surface area contributed by atoms with E-state index in [4.69, 9.17) is 4.74 Å². The fourth-order valence-electron chi connectivity index (χ4n) is 1.73. The molecule has 0 atom stereocenters. The number of ether oxygens (including phenoxy) is 1. The van der Waals surface area contributed by atoms with Gasteiger partial charge in [-0.3, -0.25) is 4.79 Å². The van der Waals surface area contributed by atoms with Crippen molar-refractivity contribution in [1.82, 2.24) is 0 Å². The van der Waals surface area contributed by atoms with Crippen molar-refractivity contribution in [2.45, 2.75) is 0 Å². The number of halogens is 1.